The second kappa shape index (κ2) is 10.5. The Morgan fingerprint density at radius 1 is 1.06 bits per heavy atom. The summed E-state index contributed by atoms with van der Waals surface area (Å²) >= 11 is 1.13. The Labute approximate surface area is 210 Å². The molecule has 2 N–H and O–H groups in total. The van der Waals surface area contributed by atoms with E-state index in [-0.39, 0.29) is 19.1 Å². The first-order chi connectivity index (χ1) is 17.3. The van der Waals surface area contributed by atoms with Crippen molar-refractivity contribution < 1.29 is 19.1 Å². The lowest BCUT2D eigenvalue weighted by molar-refractivity contribution is -0.116. The minimum Gasteiger partial charge on any atom is -0.462 e. The van der Waals surface area contributed by atoms with Gasteiger partial charge in [0.1, 0.15) is 11.4 Å². The summed E-state index contributed by atoms with van der Waals surface area (Å²) in [5, 5.41) is 5.86. The Morgan fingerprint density at radius 3 is 2.58 bits per heavy atom. The fourth-order valence-corrected chi connectivity index (χ4v) is 4.71. The first kappa shape index (κ1) is 24.8. The molecule has 36 heavy (non-hydrogen) atoms. The van der Waals surface area contributed by atoms with Gasteiger partial charge >= 0.3 is 5.97 Å². The summed E-state index contributed by atoms with van der Waals surface area (Å²) in [5.74, 6) is -1.28. The molecule has 0 atom stereocenters. The lowest BCUT2D eigenvalue weighted by Gasteiger charge is -2.09. The molecular formula is C26H24N4O5S. The number of carbonyl (C=O) groups is 3. The van der Waals surface area contributed by atoms with Crippen molar-refractivity contribution in [2.24, 2.45) is 0 Å². The predicted octanol–water partition coefficient (Wildman–Crippen LogP) is 4.14. The number of rotatable bonds is 7. The van der Waals surface area contributed by atoms with Gasteiger partial charge in [0.05, 0.1) is 28.8 Å². The predicted molar refractivity (Wildman–Crippen MR) is 139 cm³/mol. The monoisotopic (exact) mass is 504 g/mol. The summed E-state index contributed by atoms with van der Waals surface area (Å²) in [5.41, 5.74) is 2.40. The molecule has 0 bridgehead atoms. The van der Waals surface area contributed by atoms with Crippen molar-refractivity contribution in [3.63, 3.8) is 0 Å². The minimum atomic E-state index is -0.491. The summed E-state index contributed by atoms with van der Waals surface area (Å²) in [6.07, 6.45) is 1.29. The van der Waals surface area contributed by atoms with Gasteiger partial charge in [-0.15, -0.1) is 11.3 Å². The Bertz CT molecular complexity index is 1540. The third-order valence-corrected chi connectivity index (χ3v) is 6.69. The molecule has 0 unspecified atom stereocenters. The van der Waals surface area contributed by atoms with Gasteiger partial charge < -0.3 is 15.4 Å². The van der Waals surface area contributed by atoms with Crippen molar-refractivity contribution in [3.8, 4) is 0 Å². The maximum Gasteiger partial charge on any atom is 0.338 e. The Kier molecular flexibility index (Phi) is 7.25. The van der Waals surface area contributed by atoms with Crippen molar-refractivity contribution >= 4 is 50.7 Å². The van der Waals surface area contributed by atoms with Crippen LogP contribution in [0.4, 0.5) is 11.4 Å². The van der Waals surface area contributed by atoms with Gasteiger partial charge in [0.15, 0.2) is 0 Å². The van der Waals surface area contributed by atoms with E-state index in [4.69, 9.17) is 4.74 Å². The van der Waals surface area contributed by atoms with Gasteiger partial charge in [-0.1, -0.05) is 24.3 Å². The van der Waals surface area contributed by atoms with Gasteiger partial charge in [-0.25, -0.2) is 9.78 Å². The van der Waals surface area contributed by atoms with Crippen LogP contribution in [0.25, 0.3) is 10.2 Å². The average molecular weight is 505 g/mol. The molecule has 0 saturated heterocycles. The van der Waals surface area contributed by atoms with E-state index in [2.05, 4.69) is 15.6 Å². The molecule has 2 amide bonds. The minimum absolute atomic E-state index is 0.241. The first-order valence-corrected chi connectivity index (χ1v) is 12.0. The quantitative estimate of drug-likeness (QED) is 0.365. The standard InChI is InChI=1S/C26H24N4O5S/c1-4-35-26(34)17-9-7-10-18(12-17)28-20(31)13-30-14-27-24-21(25(30)33)16(3)22(36-24)23(32)29-19-11-6-5-8-15(19)2/h5-12,14H,4,13H2,1-3H3,(H,28,31)(H,29,32). The molecule has 184 valence electrons. The number of esters is 1. The molecule has 0 saturated carbocycles. The molecular weight excluding hydrogens is 480 g/mol. The smallest absolute Gasteiger partial charge is 0.338 e. The molecule has 9 nitrogen and oxygen atoms in total. The Morgan fingerprint density at radius 2 is 1.83 bits per heavy atom. The average Bonchev–Trinajstić information content (AvgIpc) is 3.19. The lowest BCUT2D eigenvalue weighted by Crippen LogP contribution is -2.28. The van der Waals surface area contributed by atoms with Crippen molar-refractivity contribution in [1.82, 2.24) is 9.55 Å². The highest BCUT2D eigenvalue weighted by atomic mass is 32.1. The summed E-state index contributed by atoms with van der Waals surface area (Å²) in [4.78, 5) is 55.8. The zero-order valence-electron chi connectivity index (χ0n) is 20.0. The number of anilines is 2. The van der Waals surface area contributed by atoms with Crippen molar-refractivity contribution in [3.05, 3.63) is 86.8 Å². The highest BCUT2D eigenvalue weighted by Gasteiger charge is 2.20. The SMILES string of the molecule is CCOC(=O)c1cccc(NC(=O)Cn2cnc3sc(C(=O)Nc4ccccc4C)c(C)c3c2=O)c1. The molecule has 4 aromatic rings. The lowest BCUT2D eigenvalue weighted by atomic mass is 10.2. The highest BCUT2D eigenvalue weighted by Crippen LogP contribution is 2.28. The van der Waals surface area contributed by atoms with Crippen LogP contribution in [0.5, 0.6) is 0 Å². The topological polar surface area (TPSA) is 119 Å². The van der Waals surface area contributed by atoms with Crippen LogP contribution in [0.3, 0.4) is 0 Å². The van der Waals surface area contributed by atoms with Crippen LogP contribution in [0.2, 0.25) is 0 Å². The van der Waals surface area contributed by atoms with Crippen LogP contribution in [-0.2, 0) is 16.1 Å². The second-order valence-corrected chi connectivity index (χ2v) is 9.03. The van der Waals surface area contributed by atoms with Crippen molar-refractivity contribution in [2.45, 2.75) is 27.3 Å². The molecule has 0 radical (unpaired) electrons. The van der Waals surface area contributed by atoms with E-state index in [1.165, 1.54) is 17.0 Å². The molecule has 10 heteroatoms. The molecule has 0 aliphatic rings. The van der Waals surface area contributed by atoms with Crippen molar-refractivity contribution in [2.75, 3.05) is 17.2 Å². The summed E-state index contributed by atoms with van der Waals surface area (Å²) < 4.78 is 6.17. The van der Waals surface area contributed by atoms with Crippen LogP contribution >= 0.6 is 11.3 Å². The van der Waals surface area contributed by atoms with Gasteiger partial charge in [0.2, 0.25) is 5.91 Å². The third-order valence-electron chi connectivity index (χ3n) is 5.49. The van der Waals surface area contributed by atoms with E-state index in [0.717, 1.165) is 16.9 Å². The van der Waals surface area contributed by atoms with Crippen LogP contribution in [-0.4, -0.2) is 33.9 Å². The Balaban J connectivity index is 1.54. The highest BCUT2D eigenvalue weighted by molar-refractivity contribution is 7.20. The van der Waals surface area contributed by atoms with Gasteiger partial charge in [0.25, 0.3) is 11.5 Å². The fraction of sp³-hybridized carbons (Fsp3) is 0.192. The molecule has 0 aliphatic heterocycles. The number of aromatic nitrogens is 2. The Hall–Kier alpha value is -4.31. The number of nitrogens with zero attached hydrogens (tertiary/aromatic N) is 2. The number of hydrogen-bond donors (Lipinski definition) is 2. The molecule has 4 rings (SSSR count). The number of amides is 2. The number of fused-ring (bicyclic) bond motifs is 1. The van der Waals surface area contributed by atoms with E-state index < -0.39 is 17.4 Å². The number of nitrogens with one attached hydrogen (secondary N) is 2. The normalized spacial score (nSPS) is 10.8. The van der Waals surface area contributed by atoms with Crippen LogP contribution in [0.1, 0.15) is 38.1 Å². The van der Waals surface area contributed by atoms with Gasteiger partial charge in [-0.2, -0.15) is 0 Å². The maximum absolute atomic E-state index is 13.2. The summed E-state index contributed by atoms with van der Waals surface area (Å²) in [6.45, 7) is 5.25. The zero-order valence-corrected chi connectivity index (χ0v) is 20.8. The number of benzene rings is 2. The van der Waals surface area contributed by atoms with Crippen LogP contribution in [0, 0.1) is 13.8 Å². The molecule has 0 spiro atoms. The number of ether oxygens (including phenoxy) is 1. The number of carbonyl (C=O) groups excluding carboxylic acids is 3. The summed E-state index contributed by atoms with van der Waals surface area (Å²) in [7, 11) is 0. The van der Waals surface area contributed by atoms with Crippen molar-refractivity contribution in [1.29, 1.82) is 0 Å². The van der Waals surface area contributed by atoms with E-state index in [1.54, 1.807) is 32.0 Å². The number of thiophene rings is 1. The van der Waals surface area contributed by atoms with E-state index >= 15 is 0 Å². The van der Waals surface area contributed by atoms with Crippen LogP contribution < -0.4 is 16.2 Å². The van der Waals surface area contributed by atoms with E-state index in [1.807, 2.05) is 31.2 Å². The van der Waals surface area contributed by atoms with Gasteiger partial charge in [-0.05, 0) is 56.2 Å². The number of hydrogen-bond acceptors (Lipinski definition) is 7. The second-order valence-electron chi connectivity index (χ2n) is 8.03. The third kappa shape index (κ3) is 5.18. The number of aryl methyl sites for hydroxylation is 2. The zero-order chi connectivity index (χ0) is 25.8. The first-order valence-electron chi connectivity index (χ1n) is 11.2. The van der Waals surface area contributed by atoms with Crippen LogP contribution in [0.15, 0.2) is 59.7 Å². The van der Waals surface area contributed by atoms with E-state index in [0.29, 0.717) is 37.6 Å². The molecule has 0 aliphatic carbocycles. The fourth-order valence-electron chi connectivity index (χ4n) is 3.67. The van der Waals surface area contributed by atoms with Gasteiger partial charge in [0, 0.05) is 11.4 Å². The van der Waals surface area contributed by atoms with Gasteiger partial charge in [-0.3, -0.25) is 19.0 Å². The molecule has 0 fully saturated rings. The maximum atomic E-state index is 13.2. The molecule has 2 aromatic heterocycles. The van der Waals surface area contributed by atoms with E-state index in [9.17, 15) is 19.2 Å². The molecule has 2 heterocycles. The molecule has 2 aromatic carbocycles. The largest absolute Gasteiger partial charge is 0.462 e. The summed E-state index contributed by atoms with van der Waals surface area (Å²) in [6, 6.07) is 13.8. The number of para-hydroxylation sites is 1.